The first kappa shape index (κ1) is 22.6. The van der Waals surface area contributed by atoms with Gasteiger partial charge in [0.1, 0.15) is 5.03 Å². The number of para-hydroxylation sites is 1. The minimum atomic E-state index is -0.0505. The third-order valence-electron chi connectivity index (χ3n) is 6.02. The number of aromatic nitrogens is 2. The molecule has 2 amide bonds. The first-order valence-corrected chi connectivity index (χ1v) is 12.4. The van der Waals surface area contributed by atoms with Gasteiger partial charge in [-0.3, -0.25) is 9.59 Å². The number of aryl methyl sites for hydroxylation is 2. The maximum absolute atomic E-state index is 12.5. The molecule has 1 aromatic carbocycles. The zero-order chi connectivity index (χ0) is 22.5. The summed E-state index contributed by atoms with van der Waals surface area (Å²) in [4.78, 5) is 27.0. The Bertz CT molecular complexity index is 961. The number of hydrogen-bond acceptors (Lipinski definition) is 6. The SMILES string of the molecule is CCc1cccc(C)c1NC(=O)CSc1ccc(N2CCCC(C(=O)NC3CC3)C2)nn1. The Hall–Kier alpha value is -2.61. The van der Waals surface area contributed by atoms with E-state index in [2.05, 4.69) is 32.7 Å². The molecule has 32 heavy (non-hydrogen) atoms. The molecule has 0 spiro atoms. The highest BCUT2D eigenvalue weighted by Crippen LogP contribution is 2.26. The predicted octanol–water partition coefficient (Wildman–Crippen LogP) is 3.57. The molecule has 2 heterocycles. The molecule has 8 heteroatoms. The zero-order valence-corrected chi connectivity index (χ0v) is 19.6. The summed E-state index contributed by atoms with van der Waals surface area (Å²) in [6, 6.07) is 10.3. The van der Waals surface area contributed by atoms with Crippen LogP contribution in [0.3, 0.4) is 0 Å². The Morgan fingerprint density at radius 2 is 2.00 bits per heavy atom. The van der Waals surface area contributed by atoms with Crippen LogP contribution in [0.15, 0.2) is 35.4 Å². The van der Waals surface area contributed by atoms with Gasteiger partial charge in [0.15, 0.2) is 5.82 Å². The lowest BCUT2D eigenvalue weighted by Crippen LogP contribution is -2.44. The van der Waals surface area contributed by atoms with Crippen molar-refractivity contribution < 1.29 is 9.59 Å². The summed E-state index contributed by atoms with van der Waals surface area (Å²) in [7, 11) is 0. The Kier molecular flexibility index (Phi) is 7.29. The zero-order valence-electron chi connectivity index (χ0n) is 18.8. The van der Waals surface area contributed by atoms with Gasteiger partial charge in [-0.05, 0) is 62.3 Å². The average molecular weight is 454 g/mol. The smallest absolute Gasteiger partial charge is 0.234 e. The third-order valence-corrected chi connectivity index (χ3v) is 6.94. The van der Waals surface area contributed by atoms with Gasteiger partial charge >= 0.3 is 0 Å². The van der Waals surface area contributed by atoms with Crippen molar-refractivity contribution in [2.24, 2.45) is 5.92 Å². The van der Waals surface area contributed by atoms with Crippen molar-refractivity contribution in [1.29, 1.82) is 0 Å². The molecule has 7 nitrogen and oxygen atoms in total. The molecule has 1 saturated carbocycles. The molecule has 1 unspecified atom stereocenters. The second-order valence-electron chi connectivity index (χ2n) is 8.60. The van der Waals surface area contributed by atoms with Crippen molar-refractivity contribution in [2.45, 2.75) is 57.0 Å². The van der Waals surface area contributed by atoms with Crippen LogP contribution < -0.4 is 15.5 Å². The fraction of sp³-hybridized carbons (Fsp3) is 0.500. The van der Waals surface area contributed by atoms with Gasteiger partial charge in [-0.1, -0.05) is 36.9 Å². The lowest BCUT2D eigenvalue weighted by atomic mass is 9.97. The fourth-order valence-corrected chi connectivity index (χ4v) is 4.64. The van der Waals surface area contributed by atoms with Gasteiger partial charge in [-0.15, -0.1) is 10.2 Å². The largest absolute Gasteiger partial charge is 0.354 e. The van der Waals surface area contributed by atoms with Crippen molar-refractivity contribution >= 4 is 35.1 Å². The van der Waals surface area contributed by atoms with Crippen LogP contribution in [0.1, 0.15) is 43.7 Å². The fourth-order valence-electron chi connectivity index (χ4n) is 4.02. The molecule has 2 fully saturated rings. The number of benzene rings is 1. The van der Waals surface area contributed by atoms with E-state index in [4.69, 9.17) is 0 Å². The van der Waals surface area contributed by atoms with Crippen molar-refractivity contribution in [2.75, 3.05) is 29.1 Å². The highest BCUT2D eigenvalue weighted by atomic mass is 32.2. The summed E-state index contributed by atoms with van der Waals surface area (Å²) < 4.78 is 0. The van der Waals surface area contributed by atoms with E-state index in [0.29, 0.717) is 17.6 Å². The maximum atomic E-state index is 12.5. The molecule has 1 aromatic heterocycles. The van der Waals surface area contributed by atoms with E-state index in [9.17, 15) is 9.59 Å². The van der Waals surface area contributed by atoms with Crippen LogP contribution in [0.4, 0.5) is 11.5 Å². The highest BCUT2D eigenvalue weighted by Gasteiger charge is 2.31. The van der Waals surface area contributed by atoms with Crippen molar-refractivity contribution in [1.82, 2.24) is 15.5 Å². The van der Waals surface area contributed by atoms with E-state index in [1.807, 2.05) is 37.3 Å². The second-order valence-corrected chi connectivity index (χ2v) is 9.59. The maximum Gasteiger partial charge on any atom is 0.234 e. The monoisotopic (exact) mass is 453 g/mol. The quantitative estimate of drug-likeness (QED) is 0.594. The molecule has 4 rings (SSSR count). The third kappa shape index (κ3) is 5.79. The molecule has 1 saturated heterocycles. The van der Waals surface area contributed by atoms with E-state index < -0.39 is 0 Å². The summed E-state index contributed by atoms with van der Waals surface area (Å²) >= 11 is 1.37. The Morgan fingerprint density at radius 1 is 1.16 bits per heavy atom. The van der Waals surface area contributed by atoms with E-state index in [1.165, 1.54) is 11.8 Å². The number of piperidine rings is 1. The van der Waals surface area contributed by atoms with Crippen LogP contribution in [0.2, 0.25) is 0 Å². The highest BCUT2D eigenvalue weighted by molar-refractivity contribution is 7.99. The number of carbonyl (C=O) groups is 2. The van der Waals surface area contributed by atoms with Gasteiger partial charge in [0, 0.05) is 24.8 Å². The predicted molar refractivity (Wildman–Crippen MR) is 128 cm³/mol. The summed E-state index contributed by atoms with van der Waals surface area (Å²) in [5.74, 6) is 1.20. The van der Waals surface area contributed by atoms with Crippen LogP contribution in [0.25, 0.3) is 0 Å². The molecule has 2 N–H and O–H groups in total. The molecule has 1 aliphatic carbocycles. The summed E-state index contributed by atoms with van der Waals surface area (Å²) in [5, 5.41) is 15.5. The number of anilines is 2. The normalized spacial score (nSPS) is 18.3. The second kappa shape index (κ2) is 10.3. The molecule has 1 atom stereocenters. The van der Waals surface area contributed by atoms with E-state index in [0.717, 1.165) is 61.3 Å². The van der Waals surface area contributed by atoms with E-state index in [1.54, 1.807) is 0 Å². The van der Waals surface area contributed by atoms with Gasteiger partial charge in [0.2, 0.25) is 11.8 Å². The number of rotatable bonds is 8. The molecular formula is C24H31N5O2S. The molecule has 2 aliphatic rings. The Morgan fingerprint density at radius 3 is 2.72 bits per heavy atom. The molecule has 0 radical (unpaired) electrons. The Balaban J connectivity index is 1.29. The summed E-state index contributed by atoms with van der Waals surface area (Å²) in [6.07, 6.45) is 4.98. The van der Waals surface area contributed by atoms with Crippen molar-refractivity contribution in [3.8, 4) is 0 Å². The number of nitrogens with one attached hydrogen (secondary N) is 2. The standard InChI is InChI=1S/C24H31N5O2S/c1-3-17-7-4-6-16(2)23(17)26-21(30)15-32-22-12-11-20(27-28-22)29-13-5-8-18(14-29)24(31)25-19-9-10-19/h4,6-7,11-12,18-19H,3,5,8-10,13-15H2,1-2H3,(H,25,31)(H,26,30). The number of carbonyl (C=O) groups excluding carboxylic acids is 2. The van der Waals surface area contributed by atoms with Crippen molar-refractivity contribution in [3.05, 3.63) is 41.5 Å². The number of thioether (sulfide) groups is 1. The first-order valence-electron chi connectivity index (χ1n) is 11.4. The average Bonchev–Trinajstić information content (AvgIpc) is 3.63. The van der Waals surface area contributed by atoms with E-state index in [-0.39, 0.29) is 23.5 Å². The number of amides is 2. The van der Waals surface area contributed by atoms with E-state index >= 15 is 0 Å². The van der Waals surface area contributed by atoms with Gasteiger partial charge in [-0.2, -0.15) is 0 Å². The number of nitrogens with zero attached hydrogens (tertiary/aromatic N) is 3. The van der Waals surface area contributed by atoms with Crippen LogP contribution in [0.5, 0.6) is 0 Å². The van der Waals surface area contributed by atoms with Crippen LogP contribution in [0, 0.1) is 12.8 Å². The van der Waals surface area contributed by atoms with Crippen LogP contribution in [-0.2, 0) is 16.0 Å². The molecular weight excluding hydrogens is 422 g/mol. The summed E-state index contributed by atoms with van der Waals surface area (Å²) in [6.45, 7) is 5.65. The molecule has 2 aromatic rings. The van der Waals surface area contributed by atoms with Crippen LogP contribution >= 0.6 is 11.8 Å². The Labute approximate surface area is 193 Å². The molecule has 0 bridgehead atoms. The molecule has 1 aliphatic heterocycles. The van der Waals surface area contributed by atoms with Gasteiger partial charge < -0.3 is 15.5 Å². The lowest BCUT2D eigenvalue weighted by Gasteiger charge is -2.32. The van der Waals surface area contributed by atoms with Crippen molar-refractivity contribution in [3.63, 3.8) is 0 Å². The number of hydrogen-bond donors (Lipinski definition) is 2. The van der Waals surface area contributed by atoms with Crippen LogP contribution in [-0.4, -0.2) is 46.9 Å². The lowest BCUT2D eigenvalue weighted by molar-refractivity contribution is -0.125. The molecule has 170 valence electrons. The van der Waals surface area contributed by atoms with Gasteiger partial charge in [0.05, 0.1) is 11.7 Å². The summed E-state index contributed by atoms with van der Waals surface area (Å²) in [5.41, 5.74) is 3.11. The van der Waals surface area contributed by atoms with Gasteiger partial charge in [0.25, 0.3) is 0 Å². The minimum Gasteiger partial charge on any atom is -0.354 e. The first-order chi connectivity index (χ1) is 15.5. The topological polar surface area (TPSA) is 87.2 Å². The van der Waals surface area contributed by atoms with Gasteiger partial charge in [-0.25, -0.2) is 0 Å². The minimum absolute atomic E-state index is 0.0124.